The van der Waals surface area contributed by atoms with Gasteiger partial charge in [0.1, 0.15) is 24.4 Å². The minimum Gasteiger partial charge on any atom is -0.394 e. The Morgan fingerprint density at radius 3 is 2.43 bits per heavy atom. The van der Waals surface area contributed by atoms with E-state index in [9.17, 15) is 25.2 Å². The van der Waals surface area contributed by atoms with E-state index < -0.39 is 42.8 Å². The molecule has 0 unspecified atom stereocenters. The van der Waals surface area contributed by atoms with Crippen molar-refractivity contribution in [2.24, 2.45) is 0 Å². The topological polar surface area (TPSA) is 137 Å². The van der Waals surface area contributed by atoms with Crippen molar-refractivity contribution in [2.45, 2.75) is 30.6 Å². The van der Waals surface area contributed by atoms with Crippen molar-refractivity contribution in [1.82, 2.24) is 9.66 Å². The molecular formula is C20H20BrN3O6. The van der Waals surface area contributed by atoms with Gasteiger partial charge in [0.05, 0.1) is 17.5 Å². The Bertz CT molecular complexity index is 1100. The van der Waals surface area contributed by atoms with Gasteiger partial charge < -0.3 is 25.2 Å². The van der Waals surface area contributed by atoms with Crippen LogP contribution in [0.25, 0.3) is 22.3 Å². The zero-order valence-corrected chi connectivity index (χ0v) is 17.2. The monoisotopic (exact) mass is 477 g/mol. The van der Waals surface area contributed by atoms with E-state index in [1.54, 1.807) is 48.5 Å². The van der Waals surface area contributed by atoms with Crippen LogP contribution in [0.2, 0.25) is 0 Å². The van der Waals surface area contributed by atoms with Gasteiger partial charge in [0.15, 0.2) is 12.1 Å². The maximum absolute atomic E-state index is 13.2. The summed E-state index contributed by atoms with van der Waals surface area (Å²) in [5.41, 5.74) is 3.44. The molecule has 9 nitrogen and oxygen atoms in total. The van der Waals surface area contributed by atoms with Crippen molar-refractivity contribution in [1.29, 1.82) is 0 Å². The molecule has 0 aliphatic carbocycles. The van der Waals surface area contributed by atoms with Crippen LogP contribution in [0.3, 0.4) is 0 Å². The molecule has 0 saturated carbocycles. The van der Waals surface area contributed by atoms with Gasteiger partial charge in [-0.15, -0.1) is 0 Å². The number of nitrogens with zero attached hydrogens (tertiary/aromatic N) is 2. The molecule has 5 N–H and O–H groups in total. The largest absolute Gasteiger partial charge is 0.394 e. The Morgan fingerprint density at radius 2 is 1.73 bits per heavy atom. The molecule has 30 heavy (non-hydrogen) atoms. The van der Waals surface area contributed by atoms with Gasteiger partial charge in [0, 0.05) is 10.0 Å². The zero-order chi connectivity index (χ0) is 21.4. The number of halogens is 1. The second-order valence-corrected chi connectivity index (χ2v) is 7.89. The third-order valence-electron chi connectivity index (χ3n) is 5.03. The molecule has 1 saturated heterocycles. The van der Waals surface area contributed by atoms with Gasteiger partial charge in [-0.3, -0.25) is 10.2 Å². The third-order valence-corrected chi connectivity index (χ3v) is 5.56. The highest BCUT2D eigenvalue weighted by Gasteiger charge is 2.44. The van der Waals surface area contributed by atoms with E-state index in [4.69, 9.17) is 4.74 Å². The van der Waals surface area contributed by atoms with Crippen LogP contribution in [-0.2, 0) is 4.74 Å². The van der Waals surface area contributed by atoms with Gasteiger partial charge in [-0.05, 0) is 24.3 Å². The number of hydrogen-bond donors (Lipinski definition) is 5. The van der Waals surface area contributed by atoms with Gasteiger partial charge >= 0.3 is 0 Å². The molecule has 2 heterocycles. The number of ether oxygens (including phenoxy) is 1. The van der Waals surface area contributed by atoms with Gasteiger partial charge in [-0.1, -0.05) is 40.2 Å². The second-order valence-electron chi connectivity index (χ2n) is 6.98. The Morgan fingerprint density at radius 1 is 1.03 bits per heavy atom. The van der Waals surface area contributed by atoms with Crippen molar-refractivity contribution in [3.8, 4) is 11.4 Å². The number of aliphatic hydroxyl groups excluding tert-OH is 4. The number of para-hydroxylation sites is 1. The summed E-state index contributed by atoms with van der Waals surface area (Å²) >= 11 is 3.37. The summed E-state index contributed by atoms with van der Waals surface area (Å²) in [7, 11) is 0. The molecule has 2 aromatic carbocycles. The lowest BCUT2D eigenvalue weighted by Gasteiger charge is -2.40. The van der Waals surface area contributed by atoms with Gasteiger partial charge in [-0.25, -0.2) is 9.66 Å². The first-order valence-corrected chi connectivity index (χ1v) is 10.0. The molecule has 0 amide bonds. The number of rotatable bonds is 4. The quantitative estimate of drug-likeness (QED) is 0.358. The predicted molar refractivity (Wildman–Crippen MR) is 112 cm³/mol. The molecule has 4 rings (SSSR count). The number of aromatic nitrogens is 2. The van der Waals surface area contributed by atoms with E-state index in [2.05, 4.69) is 26.3 Å². The van der Waals surface area contributed by atoms with Crippen LogP contribution in [0.15, 0.2) is 57.8 Å². The van der Waals surface area contributed by atoms with Gasteiger partial charge in [0.25, 0.3) is 5.56 Å². The van der Waals surface area contributed by atoms with Crippen LogP contribution in [0, 0.1) is 0 Å². The van der Waals surface area contributed by atoms with E-state index in [0.29, 0.717) is 16.5 Å². The number of fused-ring (bicyclic) bond motifs is 1. The lowest BCUT2D eigenvalue weighted by molar-refractivity contribution is -0.224. The summed E-state index contributed by atoms with van der Waals surface area (Å²) in [5.74, 6) is 0.267. The Labute approximate surface area is 179 Å². The first-order chi connectivity index (χ1) is 14.4. The minimum atomic E-state index is -1.58. The highest BCUT2D eigenvalue weighted by Crippen LogP contribution is 2.23. The number of benzene rings is 2. The molecule has 158 valence electrons. The molecule has 0 spiro atoms. The summed E-state index contributed by atoms with van der Waals surface area (Å²) in [6.07, 6.45) is -7.02. The molecule has 3 aromatic rings. The highest BCUT2D eigenvalue weighted by molar-refractivity contribution is 9.10. The zero-order valence-electron chi connectivity index (χ0n) is 15.6. The first-order valence-electron chi connectivity index (χ1n) is 9.25. The molecule has 1 aliphatic heterocycles. The molecule has 10 heteroatoms. The molecule has 0 bridgehead atoms. The maximum atomic E-state index is 13.2. The summed E-state index contributed by atoms with van der Waals surface area (Å²) in [6.45, 7) is -0.576. The number of hydrogen-bond acceptors (Lipinski definition) is 8. The van der Waals surface area contributed by atoms with E-state index >= 15 is 0 Å². The predicted octanol–water partition coefficient (Wildman–Crippen LogP) is 0.169. The van der Waals surface area contributed by atoms with Crippen molar-refractivity contribution in [3.05, 3.63) is 63.4 Å². The second kappa shape index (κ2) is 8.42. The van der Waals surface area contributed by atoms with Crippen LogP contribution >= 0.6 is 15.9 Å². The summed E-state index contributed by atoms with van der Waals surface area (Å²) in [6, 6.07) is 14.0. The molecule has 1 aromatic heterocycles. The summed E-state index contributed by atoms with van der Waals surface area (Å²) in [4.78, 5) is 17.8. The SMILES string of the molecule is O=c1c2ccccc2nc(-c2ccc(Br)cc2)n1N[C@@H]1O[C@@H](CO)[C@@H](O)[C@@H](O)[C@@H]1O. The first kappa shape index (κ1) is 20.9. The standard InChI is InChI=1S/C20H20BrN3O6/c21-11-7-5-10(6-8-11)18-22-13-4-2-1-3-12(13)20(29)24(18)23-19-17(28)16(27)15(26)14(9-25)30-19/h1-8,14-17,19,23,25-28H,9H2/t14-,15+,16+,17-,19+/m0/s1. The van der Waals surface area contributed by atoms with E-state index in [1.807, 2.05) is 0 Å². The van der Waals surface area contributed by atoms with Crippen LogP contribution in [0.5, 0.6) is 0 Å². The molecule has 1 aliphatic rings. The van der Waals surface area contributed by atoms with Crippen LogP contribution in [0.4, 0.5) is 0 Å². The van der Waals surface area contributed by atoms with Crippen LogP contribution in [-0.4, -0.2) is 67.3 Å². The lowest BCUT2D eigenvalue weighted by Crippen LogP contribution is -2.62. The Hall–Kier alpha value is -2.34. The van der Waals surface area contributed by atoms with Crippen LogP contribution in [0.1, 0.15) is 0 Å². The smallest absolute Gasteiger partial charge is 0.280 e. The van der Waals surface area contributed by atoms with Crippen molar-refractivity contribution in [2.75, 3.05) is 12.0 Å². The van der Waals surface area contributed by atoms with E-state index in [0.717, 1.165) is 9.15 Å². The fourth-order valence-corrected chi connectivity index (χ4v) is 3.64. The fraction of sp³-hybridized carbons (Fsp3) is 0.300. The normalized spacial score (nSPS) is 26.6. The average molecular weight is 478 g/mol. The summed E-state index contributed by atoms with van der Waals surface area (Å²) in [5, 5.41) is 40.2. The van der Waals surface area contributed by atoms with E-state index in [1.165, 1.54) is 0 Å². The van der Waals surface area contributed by atoms with Crippen molar-refractivity contribution in [3.63, 3.8) is 0 Å². The number of nitrogens with one attached hydrogen (secondary N) is 1. The maximum Gasteiger partial charge on any atom is 0.280 e. The highest BCUT2D eigenvalue weighted by atomic mass is 79.9. The summed E-state index contributed by atoms with van der Waals surface area (Å²) < 4.78 is 7.48. The fourth-order valence-electron chi connectivity index (χ4n) is 3.38. The molecular weight excluding hydrogens is 458 g/mol. The van der Waals surface area contributed by atoms with Gasteiger partial charge in [0.2, 0.25) is 0 Å². The Balaban J connectivity index is 1.83. The molecule has 1 fully saturated rings. The van der Waals surface area contributed by atoms with Crippen molar-refractivity contribution < 1.29 is 25.2 Å². The molecule has 5 atom stereocenters. The van der Waals surface area contributed by atoms with Crippen molar-refractivity contribution >= 4 is 26.8 Å². The van der Waals surface area contributed by atoms with E-state index in [-0.39, 0.29) is 5.82 Å². The molecule has 0 radical (unpaired) electrons. The van der Waals surface area contributed by atoms with Crippen LogP contribution < -0.4 is 11.0 Å². The Kier molecular flexibility index (Phi) is 5.87. The average Bonchev–Trinajstić information content (AvgIpc) is 2.76. The number of aliphatic hydroxyl groups is 4. The lowest BCUT2D eigenvalue weighted by atomic mass is 9.99. The third kappa shape index (κ3) is 3.73. The minimum absolute atomic E-state index is 0.267. The van der Waals surface area contributed by atoms with Gasteiger partial charge in [-0.2, -0.15) is 0 Å².